The molecular formula is C21H25N9. The maximum Gasteiger partial charge on any atom is 0.159 e. The SMILES string of the molecule is Cc1cc(C)n(-c2cc(N3CCN(c4nccn5nc(C)cc45)CC3)nc(C)n2)n1. The Bertz CT molecular complexity index is 1210. The molecular weight excluding hydrogens is 378 g/mol. The fourth-order valence-corrected chi connectivity index (χ4v) is 4.09. The fourth-order valence-electron chi connectivity index (χ4n) is 4.09. The van der Waals surface area contributed by atoms with Crippen LogP contribution in [0.2, 0.25) is 0 Å². The van der Waals surface area contributed by atoms with Crippen LogP contribution < -0.4 is 9.80 Å². The minimum Gasteiger partial charge on any atom is -0.353 e. The first kappa shape index (κ1) is 18.5. The molecule has 1 aliphatic heterocycles. The Balaban J connectivity index is 1.38. The third-order valence-electron chi connectivity index (χ3n) is 5.43. The lowest BCUT2D eigenvalue weighted by molar-refractivity contribution is 0.639. The van der Waals surface area contributed by atoms with Crippen molar-refractivity contribution >= 4 is 17.2 Å². The first-order valence-corrected chi connectivity index (χ1v) is 10.2. The highest BCUT2D eigenvalue weighted by Gasteiger charge is 2.22. The van der Waals surface area contributed by atoms with Gasteiger partial charge >= 0.3 is 0 Å². The van der Waals surface area contributed by atoms with Crippen LogP contribution in [0.3, 0.4) is 0 Å². The van der Waals surface area contributed by atoms with Crippen molar-refractivity contribution in [2.24, 2.45) is 0 Å². The van der Waals surface area contributed by atoms with Crippen LogP contribution in [0.25, 0.3) is 11.3 Å². The van der Waals surface area contributed by atoms with Crippen molar-refractivity contribution in [2.45, 2.75) is 27.7 Å². The van der Waals surface area contributed by atoms with Gasteiger partial charge in [-0.15, -0.1) is 0 Å². The van der Waals surface area contributed by atoms with Gasteiger partial charge in [0.1, 0.15) is 17.2 Å². The summed E-state index contributed by atoms with van der Waals surface area (Å²) in [5.41, 5.74) is 4.09. The lowest BCUT2D eigenvalue weighted by Crippen LogP contribution is -2.47. The van der Waals surface area contributed by atoms with E-state index < -0.39 is 0 Å². The van der Waals surface area contributed by atoms with E-state index in [2.05, 4.69) is 42.1 Å². The van der Waals surface area contributed by atoms with Crippen molar-refractivity contribution in [3.8, 4) is 5.82 Å². The Morgan fingerprint density at radius 1 is 0.767 bits per heavy atom. The van der Waals surface area contributed by atoms with E-state index in [4.69, 9.17) is 4.98 Å². The molecule has 30 heavy (non-hydrogen) atoms. The summed E-state index contributed by atoms with van der Waals surface area (Å²) in [6.45, 7) is 11.4. The largest absolute Gasteiger partial charge is 0.353 e. The Morgan fingerprint density at radius 3 is 2.20 bits per heavy atom. The number of fused-ring (bicyclic) bond motifs is 1. The lowest BCUT2D eigenvalue weighted by atomic mass is 10.3. The number of hydrogen-bond acceptors (Lipinski definition) is 7. The minimum atomic E-state index is 0.749. The van der Waals surface area contributed by atoms with Crippen LogP contribution in [0.15, 0.2) is 30.6 Å². The van der Waals surface area contributed by atoms with Crippen molar-refractivity contribution < 1.29 is 0 Å². The molecule has 0 aliphatic carbocycles. The molecule has 0 amide bonds. The molecule has 0 N–H and O–H groups in total. The number of anilines is 2. The predicted octanol–water partition coefficient (Wildman–Crippen LogP) is 2.27. The van der Waals surface area contributed by atoms with Crippen LogP contribution in [0, 0.1) is 27.7 Å². The summed E-state index contributed by atoms with van der Waals surface area (Å²) in [5, 5.41) is 9.08. The second-order valence-electron chi connectivity index (χ2n) is 7.81. The smallest absolute Gasteiger partial charge is 0.159 e. The van der Waals surface area contributed by atoms with Gasteiger partial charge in [-0.3, -0.25) is 0 Å². The summed E-state index contributed by atoms with van der Waals surface area (Å²) < 4.78 is 3.79. The molecule has 1 fully saturated rings. The molecule has 0 atom stereocenters. The van der Waals surface area contributed by atoms with E-state index in [0.717, 1.165) is 72.1 Å². The third kappa shape index (κ3) is 3.26. The molecule has 5 rings (SSSR count). The molecule has 9 heteroatoms. The predicted molar refractivity (Wildman–Crippen MR) is 116 cm³/mol. The Hall–Kier alpha value is -3.49. The number of rotatable bonds is 3. The van der Waals surface area contributed by atoms with Gasteiger partial charge in [-0.1, -0.05) is 0 Å². The van der Waals surface area contributed by atoms with Crippen molar-refractivity contribution in [1.82, 2.24) is 34.3 Å². The third-order valence-corrected chi connectivity index (χ3v) is 5.43. The van der Waals surface area contributed by atoms with Crippen LogP contribution in [0.1, 0.15) is 22.9 Å². The van der Waals surface area contributed by atoms with Crippen LogP contribution in [-0.4, -0.2) is 60.5 Å². The first-order chi connectivity index (χ1) is 14.5. The maximum absolute atomic E-state index is 4.70. The van der Waals surface area contributed by atoms with Gasteiger partial charge in [-0.05, 0) is 39.8 Å². The van der Waals surface area contributed by atoms with Crippen LogP contribution in [0.4, 0.5) is 11.6 Å². The molecule has 1 aliphatic rings. The lowest BCUT2D eigenvalue weighted by Gasteiger charge is -2.36. The molecule has 5 heterocycles. The van der Waals surface area contributed by atoms with E-state index in [1.54, 1.807) is 0 Å². The van der Waals surface area contributed by atoms with E-state index in [0.29, 0.717) is 0 Å². The highest BCUT2D eigenvalue weighted by Crippen LogP contribution is 2.23. The van der Waals surface area contributed by atoms with E-state index in [-0.39, 0.29) is 0 Å². The summed E-state index contributed by atoms with van der Waals surface area (Å²) in [4.78, 5) is 18.6. The first-order valence-electron chi connectivity index (χ1n) is 10.2. The molecule has 9 nitrogen and oxygen atoms in total. The molecule has 0 unspecified atom stereocenters. The van der Waals surface area contributed by atoms with Gasteiger partial charge < -0.3 is 9.80 Å². The topological polar surface area (TPSA) is 80.3 Å². The van der Waals surface area contributed by atoms with Gasteiger partial charge in [0.15, 0.2) is 11.6 Å². The average molecular weight is 403 g/mol. The van der Waals surface area contributed by atoms with Gasteiger partial charge in [-0.25, -0.2) is 24.1 Å². The zero-order chi connectivity index (χ0) is 20.8. The molecule has 154 valence electrons. The Kier molecular flexibility index (Phi) is 4.38. The minimum absolute atomic E-state index is 0.749. The summed E-state index contributed by atoms with van der Waals surface area (Å²) in [6, 6.07) is 6.17. The summed E-state index contributed by atoms with van der Waals surface area (Å²) >= 11 is 0. The summed E-state index contributed by atoms with van der Waals surface area (Å²) in [6.07, 6.45) is 3.71. The van der Waals surface area contributed by atoms with Crippen LogP contribution >= 0.6 is 0 Å². The number of piperazine rings is 1. The molecule has 1 saturated heterocycles. The van der Waals surface area contributed by atoms with Crippen LogP contribution in [0.5, 0.6) is 0 Å². The zero-order valence-corrected chi connectivity index (χ0v) is 17.7. The van der Waals surface area contributed by atoms with Crippen molar-refractivity contribution in [1.29, 1.82) is 0 Å². The van der Waals surface area contributed by atoms with Crippen LogP contribution in [-0.2, 0) is 0 Å². The molecule has 0 radical (unpaired) electrons. The van der Waals surface area contributed by atoms with Gasteiger partial charge in [-0.2, -0.15) is 10.2 Å². The monoisotopic (exact) mass is 403 g/mol. The molecule has 4 aromatic rings. The van der Waals surface area contributed by atoms with Gasteiger partial charge in [0.05, 0.1) is 11.4 Å². The highest BCUT2D eigenvalue weighted by molar-refractivity contribution is 5.69. The molecule has 4 aromatic heterocycles. The van der Waals surface area contributed by atoms with E-state index in [9.17, 15) is 0 Å². The molecule has 0 bridgehead atoms. The standard InChI is InChI=1S/C21H25N9/c1-14-11-16(3)30(26-14)20-13-19(23-17(4)24-20)27-7-9-28(10-8-27)21-18-12-15(2)25-29(18)6-5-22-21/h5-6,11-13H,7-10H2,1-4H3. The normalized spacial score (nSPS) is 14.7. The quantitative estimate of drug-likeness (QED) is 0.519. The van der Waals surface area contributed by atoms with Crippen molar-refractivity contribution in [3.05, 3.63) is 53.5 Å². The number of nitrogens with zero attached hydrogens (tertiary/aromatic N) is 9. The fraction of sp³-hybridized carbons (Fsp3) is 0.381. The Morgan fingerprint density at radius 2 is 1.47 bits per heavy atom. The van der Waals surface area contributed by atoms with Crippen molar-refractivity contribution in [2.75, 3.05) is 36.0 Å². The summed E-state index contributed by atoms with van der Waals surface area (Å²) in [7, 11) is 0. The number of hydrogen-bond donors (Lipinski definition) is 0. The van der Waals surface area contributed by atoms with E-state index in [1.807, 2.05) is 55.4 Å². The maximum atomic E-state index is 4.70. The van der Waals surface area contributed by atoms with Gasteiger partial charge in [0.2, 0.25) is 0 Å². The second kappa shape index (κ2) is 7.08. The van der Waals surface area contributed by atoms with Crippen molar-refractivity contribution in [3.63, 3.8) is 0 Å². The average Bonchev–Trinajstić information content (AvgIpc) is 3.27. The summed E-state index contributed by atoms with van der Waals surface area (Å²) in [5.74, 6) is 3.49. The molecule has 0 aromatic carbocycles. The van der Waals surface area contributed by atoms with E-state index >= 15 is 0 Å². The highest BCUT2D eigenvalue weighted by atomic mass is 15.3. The number of aromatic nitrogens is 7. The second-order valence-corrected chi connectivity index (χ2v) is 7.81. The van der Waals surface area contributed by atoms with E-state index in [1.165, 1.54) is 0 Å². The number of aryl methyl sites for hydroxylation is 4. The molecule has 0 saturated carbocycles. The molecule has 0 spiro atoms. The van der Waals surface area contributed by atoms with Gasteiger partial charge in [0, 0.05) is 50.3 Å². The zero-order valence-electron chi connectivity index (χ0n) is 17.7. The van der Waals surface area contributed by atoms with Gasteiger partial charge in [0.25, 0.3) is 0 Å². The Labute approximate surface area is 175 Å².